The number of benzene rings is 1. The van der Waals surface area contributed by atoms with Crippen molar-refractivity contribution < 1.29 is 14.7 Å². The molecule has 0 saturated heterocycles. The maximum atomic E-state index is 12.4. The van der Waals surface area contributed by atoms with Crippen LogP contribution < -0.4 is 5.32 Å². The molecule has 0 fully saturated rings. The van der Waals surface area contributed by atoms with Crippen molar-refractivity contribution in [3.63, 3.8) is 0 Å². The van der Waals surface area contributed by atoms with Gasteiger partial charge in [-0.1, -0.05) is 30.3 Å². The van der Waals surface area contributed by atoms with E-state index in [2.05, 4.69) is 15.5 Å². The zero-order chi connectivity index (χ0) is 18.7. The van der Waals surface area contributed by atoms with Crippen LogP contribution in [-0.4, -0.2) is 36.5 Å². The van der Waals surface area contributed by atoms with Crippen molar-refractivity contribution in [3.05, 3.63) is 65.6 Å². The van der Waals surface area contributed by atoms with Gasteiger partial charge in [-0.15, -0.1) is 0 Å². The first-order valence-corrected chi connectivity index (χ1v) is 8.10. The monoisotopic (exact) mass is 353 g/mol. The van der Waals surface area contributed by atoms with Gasteiger partial charge in [0.05, 0.1) is 18.3 Å². The SMILES string of the molecule is Cc1cc(NC(=O)C(C)n2cc(C(=O)O)cn2)nn1Cc1ccccc1. The van der Waals surface area contributed by atoms with E-state index in [9.17, 15) is 9.59 Å². The van der Waals surface area contributed by atoms with Gasteiger partial charge in [-0.3, -0.25) is 14.2 Å². The Bertz CT molecular complexity index is 929. The lowest BCUT2D eigenvalue weighted by molar-refractivity contribution is -0.119. The fraction of sp³-hybridized carbons (Fsp3) is 0.222. The van der Waals surface area contributed by atoms with Gasteiger partial charge in [0.2, 0.25) is 5.91 Å². The first kappa shape index (κ1) is 17.4. The summed E-state index contributed by atoms with van der Waals surface area (Å²) in [5, 5.41) is 20.0. The molecule has 0 spiro atoms. The molecule has 0 radical (unpaired) electrons. The van der Waals surface area contributed by atoms with Crippen LogP contribution in [0, 0.1) is 6.92 Å². The average Bonchev–Trinajstić information content (AvgIpc) is 3.23. The van der Waals surface area contributed by atoms with E-state index in [1.54, 1.807) is 13.0 Å². The van der Waals surface area contributed by atoms with E-state index in [0.717, 1.165) is 11.3 Å². The van der Waals surface area contributed by atoms with Gasteiger partial charge in [-0.05, 0) is 19.4 Å². The van der Waals surface area contributed by atoms with Gasteiger partial charge in [-0.25, -0.2) is 4.79 Å². The number of carboxylic acid groups (broad SMARTS) is 1. The van der Waals surface area contributed by atoms with Crippen molar-refractivity contribution >= 4 is 17.7 Å². The Morgan fingerprint density at radius 1 is 1.27 bits per heavy atom. The highest BCUT2D eigenvalue weighted by atomic mass is 16.4. The van der Waals surface area contributed by atoms with E-state index in [1.165, 1.54) is 17.1 Å². The van der Waals surface area contributed by atoms with Crippen LogP contribution in [0.15, 0.2) is 48.8 Å². The number of carboxylic acids is 1. The fourth-order valence-electron chi connectivity index (χ4n) is 2.50. The number of hydrogen-bond donors (Lipinski definition) is 2. The molecule has 1 amide bonds. The Morgan fingerprint density at radius 2 is 2.00 bits per heavy atom. The van der Waals surface area contributed by atoms with Crippen LogP contribution in [0.4, 0.5) is 5.82 Å². The van der Waals surface area contributed by atoms with E-state index in [0.29, 0.717) is 12.4 Å². The van der Waals surface area contributed by atoms with Crippen molar-refractivity contribution in [2.75, 3.05) is 5.32 Å². The van der Waals surface area contributed by atoms with Gasteiger partial charge >= 0.3 is 5.97 Å². The molecule has 0 saturated carbocycles. The predicted octanol–water partition coefficient (Wildman–Crippen LogP) is 2.33. The average molecular weight is 353 g/mol. The molecule has 8 nitrogen and oxygen atoms in total. The standard InChI is InChI=1S/C18H19N5O3/c1-12-8-16(21-22(12)10-14-6-4-3-5-7-14)20-17(24)13(2)23-11-15(9-19-23)18(25)26/h3-9,11,13H,10H2,1-2H3,(H,25,26)(H,20,21,24). The molecule has 1 unspecified atom stereocenters. The molecule has 2 aromatic heterocycles. The quantitative estimate of drug-likeness (QED) is 0.708. The van der Waals surface area contributed by atoms with Gasteiger partial charge in [0.1, 0.15) is 6.04 Å². The van der Waals surface area contributed by atoms with Crippen molar-refractivity contribution in [2.45, 2.75) is 26.4 Å². The number of carbonyl (C=O) groups is 2. The Hall–Kier alpha value is -3.42. The molecule has 8 heteroatoms. The van der Waals surface area contributed by atoms with Crippen molar-refractivity contribution in [1.29, 1.82) is 0 Å². The molecule has 2 heterocycles. The summed E-state index contributed by atoms with van der Waals surface area (Å²) in [6, 6.07) is 11.0. The summed E-state index contributed by atoms with van der Waals surface area (Å²) in [6.07, 6.45) is 2.54. The third-order valence-electron chi connectivity index (χ3n) is 4.03. The number of rotatable bonds is 6. The molecule has 1 aromatic carbocycles. The van der Waals surface area contributed by atoms with E-state index < -0.39 is 12.0 Å². The highest BCUT2D eigenvalue weighted by Gasteiger charge is 2.19. The van der Waals surface area contributed by atoms with Crippen LogP contribution in [0.3, 0.4) is 0 Å². The number of nitrogens with one attached hydrogen (secondary N) is 1. The number of aromatic nitrogens is 4. The molecule has 134 valence electrons. The van der Waals surface area contributed by atoms with Gasteiger partial charge in [-0.2, -0.15) is 10.2 Å². The van der Waals surface area contributed by atoms with Crippen molar-refractivity contribution in [3.8, 4) is 0 Å². The number of amides is 1. The van der Waals surface area contributed by atoms with E-state index in [4.69, 9.17) is 5.11 Å². The summed E-state index contributed by atoms with van der Waals surface area (Å²) >= 11 is 0. The molecule has 1 atom stereocenters. The smallest absolute Gasteiger partial charge is 0.338 e. The third-order valence-corrected chi connectivity index (χ3v) is 4.03. The highest BCUT2D eigenvalue weighted by Crippen LogP contribution is 2.14. The van der Waals surface area contributed by atoms with Gasteiger partial charge in [0.25, 0.3) is 0 Å². The molecule has 0 aliphatic carbocycles. The maximum Gasteiger partial charge on any atom is 0.338 e. The summed E-state index contributed by atoms with van der Waals surface area (Å²) in [7, 11) is 0. The second-order valence-electron chi connectivity index (χ2n) is 5.99. The van der Waals surface area contributed by atoms with Crippen LogP contribution in [0.1, 0.15) is 34.6 Å². The van der Waals surface area contributed by atoms with Crippen molar-refractivity contribution in [1.82, 2.24) is 19.6 Å². The van der Waals surface area contributed by atoms with Gasteiger partial charge < -0.3 is 10.4 Å². The number of aryl methyl sites for hydroxylation is 1. The molecule has 0 aliphatic rings. The topological polar surface area (TPSA) is 102 Å². The van der Waals surface area contributed by atoms with E-state index in [-0.39, 0.29) is 11.5 Å². The number of hydrogen-bond acceptors (Lipinski definition) is 4. The van der Waals surface area contributed by atoms with Crippen LogP contribution in [0.5, 0.6) is 0 Å². The minimum absolute atomic E-state index is 0.0348. The van der Waals surface area contributed by atoms with Crippen molar-refractivity contribution in [2.24, 2.45) is 0 Å². The largest absolute Gasteiger partial charge is 0.478 e. The molecule has 26 heavy (non-hydrogen) atoms. The minimum Gasteiger partial charge on any atom is -0.478 e. The van der Waals surface area contributed by atoms with Crippen LogP contribution in [0.2, 0.25) is 0 Å². The molecular weight excluding hydrogens is 334 g/mol. The zero-order valence-corrected chi connectivity index (χ0v) is 14.5. The molecule has 2 N–H and O–H groups in total. The third kappa shape index (κ3) is 3.80. The van der Waals surface area contributed by atoms with Gasteiger partial charge in [0, 0.05) is 18.0 Å². The lowest BCUT2D eigenvalue weighted by atomic mass is 10.2. The second-order valence-corrected chi connectivity index (χ2v) is 5.99. The number of carbonyl (C=O) groups excluding carboxylic acids is 1. The minimum atomic E-state index is -1.08. The maximum absolute atomic E-state index is 12.4. The lowest BCUT2D eigenvalue weighted by Gasteiger charge is -2.11. The summed E-state index contributed by atoms with van der Waals surface area (Å²) in [5.41, 5.74) is 2.07. The van der Waals surface area contributed by atoms with E-state index >= 15 is 0 Å². The lowest BCUT2D eigenvalue weighted by Crippen LogP contribution is -2.24. The number of nitrogens with zero attached hydrogens (tertiary/aromatic N) is 4. The fourth-order valence-corrected chi connectivity index (χ4v) is 2.50. The Balaban J connectivity index is 1.69. The van der Waals surface area contributed by atoms with E-state index in [1.807, 2.05) is 41.9 Å². The first-order chi connectivity index (χ1) is 12.4. The normalized spacial score (nSPS) is 11.9. The Morgan fingerprint density at radius 3 is 2.65 bits per heavy atom. The summed E-state index contributed by atoms with van der Waals surface area (Å²) < 4.78 is 3.12. The summed E-state index contributed by atoms with van der Waals surface area (Å²) in [5.74, 6) is -0.963. The molecule has 3 rings (SSSR count). The molecule has 0 bridgehead atoms. The summed E-state index contributed by atoms with van der Waals surface area (Å²) in [6.45, 7) is 4.17. The zero-order valence-electron chi connectivity index (χ0n) is 14.5. The molecular formula is C18H19N5O3. The number of aromatic carboxylic acids is 1. The Labute approximate surface area is 150 Å². The van der Waals surface area contributed by atoms with Crippen LogP contribution in [0.25, 0.3) is 0 Å². The number of anilines is 1. The first-order valence-electron chi connectivity index (χ1n) is 8.10. The molecule has 0 aliphatic heterocycles. The second kappa shape index (κ2) is 7.22. The molecule has 3 aromatic rings. The van der Waals surface area contributed by atoms with Crippen LogP contribution in [-0.2, 0) is 11.3 Å². The predicted molar refractivity (Wildman–Crippen MR) is 95.0 cm³/mol. The Kier molecular flexibility index (Phi) is 4.83. The highest BCUT2D eigenvalue weighted by molar-refractivity contribution is 5.93. The summed E-state index contributed by atoms with van der Waals surface area (Å²) in [4.78, 5) is 23.3. The van der Waals surface area contributed by atoms with Crippen LogP contribution >= 0.6 is 0 Å². The van der Waals surface area contributed by atoms with Gasteiger partial charge in [0.15, 0.2) is 5.82 Å².